The van der Waals surface area contributed by atoms with Gasteiger partial charge in [-0.1, -0.05) is 49.8 Å². The van der Waals surface area contributed by atoms with Gasteiger partial charge in [0.05, 0.1) is 0 Å². The van der Waals surface area contributed by atoms with Gasteiger partial charge in [0.15, 0.2) is 0 Å². The maximum absolute atomic E-state index is 6.28. The van der Waals surface area contributed by atoms with Crippen LogP contribution in [-0.2, 0) is 0 Å². The van der Waals surface area contributed by atoms with Crippen molar-refractivity contribution in [2.24, 2.45) is 11.7 Å². The highest BCUT2D eigenvalue weighted by molar-refractivity contribution is 6.30. The Morgan fingerprint density at radius 3 is 2.74 bits per heavy atom. The fourth-order valence-corrected chi connectivity index (χ4v) is 3.02. The number of benzene rings is 1. The van der Waals surface area contributed by atoms with Gasteiger partial charge in [0, 0.05) is 11.1 Å². The number of hydrogen-bond donors (Lipinski definition) is 1. The first-order chi connectivity index (χ1) is 9.15. The van der Waals surface area contributed by atoms with Crippen LogP contribution >= 0.6 is 11.6 Å². The lowest BCUT2D eigenvalue weighted by molar-refractivity contribution is 0.166. The molecule has 106 valence electrons. The van der Waals surface area contributed by atoms with Gasteiger partial charge < -0.3 is 10.5 Å². The summed E-state index contributed by atoms with van der Waals surface area (Å²) in [4.78, 5) is 0. The normalized spacial score (nSPS) is 19.9. The Hall–Kier alpha value is -0.730. The lowest BCUT2D eigenvalue weighted by Crippen LogP contribution is -2.38. The Balaban J connectivity index is 1.82. The zero-order valence-electron chi connectivity index (χ0n) is 11.6. The van der Waals surface area contributed by atoms with Crippen molar-refractivity contribution in [3.05, 3.63) is 29.3 Å². The molecule has 0 aromatic heterocycles. The van der Waals surface area contributed by atoms with E-state index in [4.69, 9.17) is 22.1 Å². The van der Waals surface area contributed by atoms with Gasteiger partial charge >= 0.3 is 0 Å². The summed E-state index contributed by atoms with van der Waals surface area (Å²) in [6, 6.07) is 7.61. The molecule has 0 spiro atoms. The lowest BCUT2D eigenvalue weighted by Gasteiger charge is -2.28. The molecule has 0 heterocycles. The second-order valence-electron chi connectivity index (χ2n) is 5.68. The summed E-state index contributed by atoms with van der Waals surface area (Å²) in [5.74, 6) is 1.59. The van der Waals surface area contributed by atoms with Gasteiger partial charge in [-0.15, -0.1) is 0 Å². The zero-order chi connectivity index (χ0) is 13.7. The molecule has 1 fully saturated rings. The van der Waals surface area contributed by atoms with E-state index in [9.17, 15) is 0 Å². The van der Waals surface area contributed by atoms with E-state index >= 15 is 0 Å². The standard InChI is InChI=1S/C16H24ClNO/c1-12(19-15-9-5-8-14(17)11-15)16(18)10-13-6-3-2-4-7-13/h5,8-9,11-13,16H,2-4,6-7,10,18H2,1H3. The van der Waals surface area contributed by atoms with E-state index in [1.807, 2.05) is 31.2 Å². The number of hydrogen-bond acceptors (Lipinski definition) is 2. The third-order valence-corrected chi connectivity index (χ3v) is 4.29. The average molecular weight is 282 g/mol. The molecule has 2 nitrogen and oxygen atoms in total. The molecule has 2 rings (SSSR count). The Morgan fingerprint density at radius 2 is 2.05 bits per heavy atom. The van der Waals surface area contributed by atoms with Crippen LogP contribution in [0, 0.1) is 5.92 Å². The van der Waals surface area contributed by atoms with Crippen LogP contribution in [0.4, 0.5) is 0 Å². The molecule has 2 atom stereocenters. The van der Waals surface area contributed by atoms with Crippen LogP contribution in [0.25, 0.3) is 0 Å². The summed E-state index contributed by atoms with van der Waals surface area (Å²) in [7, 11) is 0. The van der Waals surface area contributed by atoms with E-state index < -0.39 is 0 Å². The van der Waals surface area contributed by atoms with Crippen LogP contribution in [0.3, 0.4) is 0 Å². The first-order valence-electron chi connectivity index (χ1n) is 7.33. The molecule has 2 N–H and O–H groups in total. The van der Waals surface area contributed by atoms with Gasteiger partial charge in [-0.25, -0.2) is 0 Å². The predicted octanol–water partition coefficient (Wildman–Crippen LogP) is 4.41. The van der Waals surface area contributed by atoms with Gasteiger partial charge in [-0.3, -0.25) is 0 Å². The van der Waals surface area contributed by atoms with E-state index in [0.717, 1.165) is 18.1 Å². The maximum atomic E-state index is 6.28. The van der Waals surface area contributed by atoms with Crippen molar-refractivity contribution >= 4 is 11.6 Å². The lowest BCUT2D eigenvalue weighted by atomic mass is 9.84. The third kappa shape index (κ3) is 4.70. The molecule has 1 aromatic carbocycles. The first-order valence-corrected chi connectivity index (χ1v) is 7.71. The van der Waals surface area contributed by atoms with Crippen molar-refractivity contribution in [3.63, 3.8) is 0 Å². The number of rotatable bonds is 5. The highest BCUT2D eigenvalue weighted by Gasteiger charge is 2.21. The van der Waals surface area contributed by atoms with Crippen molar-refractivity contribution < 1.29 is 4.74 Å². The number of halogens is 1. The molecule has 19 heavy (non-hydrogen) atoms. The second kappa shape index (κ2) is 7.16. The molecule has 1 aliphatic rings. The molecule has 0 radical (unpaired) electrons. The van der Waals surface area contributed by atoms with Gasteiger partial charge in [-0.2, -0.15) is 0 Å². The number of ether oxygens (including phenoxy) is 1. The molecular weight excluding hydrogens is 258 g/mol. The van der Waals surface area contributed by atoms with Crippen LogP contribution in [0.15, 0.2) is 24.3 Å². The molecule has 0 aliphatic heterocycles. The maximum Gasteiger partial charge on any atom is 0.121 e. The number of nitrogens with two attached hydrogens (primary N) is 1. The van der Waals surface area contributed by atoms with Crippen molar-refractivity contribution in [2.75, 3.05) is 0 Å². The molecule has 0 saturated heterocycles. The van der Waals surface area contributed by atoms with E-state index in [-0.39, 0.29) is 12.1 Å². The van der Waals surface area contributed by atoms with E-state index in [0.29, 0.717) is 5.02 Å². The topological polar surface area (TPSA) is 35.2 Å². The summed E-state index contributed by atoms with van der Waals surface area (Å²) in [6.45, 7) is 2.05. The summed E-state index contributed by atoms with van der Waals surface area (Å²) >= 11 is 5.95. The zero-order valence-corrected chi connectivity index (χ0v) is 12.4. The van der Waals surface area contributed by atoms with Crippen LogP contribution in [0.1, 0.15) is 45.4 Å². The van der Waals surface area contributed by atoms with Crippen LogP contribution < -0.4 is 10.5 Å². The smallest absolute Gasteiger partial charge is 0.121 e. The molecule has 0 bridgehead atoms. The summed E-state index contributed by atoms with van der Waals surface area (Å²) in [5.41, 5.74) is 6.28. The van der Waals surface area contributed by atoms with Crippen molar-refractivity contribution in [1.82, 2.24) is 0 Å². The van der Waals surface area contributed by atoms with Gasteiger partial charge in [-0.05, 0) is 37.5 Å². The van der Waals surface area contributed by atoms with Crippen molar-refractivity contribution in [1.29, 1.82) is 0 Å². The SMILES string of the molecule is CC(Oc1cccc(Cl)c1)C(N)CC1CCCCC1. The minimum absolute atomic E-state index is 0.0281. The first kappa shape index (κ1) is 14.7. The summed E-state index contributed by atoms with van der Waals surface area (Å²) in [6.07, 6.45) is 7.87. The third-order valence-electron chi connectivity index (χ3n) is 4.05. The minimum atomic E-state index is 0.0281. The molecular formula is C16H24ClNO. The second-order valence-corrected chi connectivity index (χ2v) is 6.12. The van der Waals surface area contributed by atoms with Crippen LogP contribution in [0.5, 0.6) is 5.75 Å². The van der Waals surface area contributed by atoms with E-state index in [1.54, 1.807) is 0 Å². The predicted molar refractivity (Wildman–Crippen MR) is 80.7 cm³/mol. The summed E-state index contributed by atoms with van der Waals surface area (Å²) < 4.78 is 5.89. The van der Waals surface area contributed by atoms with Gasteiger partial charge in [0.25, 0.3) is 0 Å². The van der Waals surface area contributed by atoms with Gasteiger partial charge in [0.2, 0.25) is 0 Å². The quantitative estimate of drug-likeness (QED) is 0.868. The minimum Gasteiger partial charge on any atom is -0.489 e. The Kier molecular flexibility index (Phi) is 5.53. The van der Waals surface area contributed by atoms with E-state index in [2.05, 4.69) is 0 Å². The molecule has 0 amide bonds. The molecule has 1 saturated carbocycles. The van der Waals surface area contributed by atoms with E-state index in [1.165, 1.54) is 32.1 Å². The monoisotopic (exact) mass is 281 g/mol. The molecule has 3 heteroatoms. The highest BCUT2D eigenvalue weighted by atomic mass is 35.5. The largest absolute Gasteiger partial charge is 0.489 e. The fraction of sp³-hybridized carbons (Fsp3) is 0.625. The fourth-order valence-electron chi connectivity index (χ4n) is 2.84. The Labute approximate surface area is 121 Å². The van der Waals surface area contributed by atoms with Crippen molar-refractivity contribution in [3.8, 4) is 5.75 Å². The highest BCUT2D eigenvalue weighted by Crippen LogP contribution is 2.28. The van der Waals surface area contributed by atoms with Crippen LogP contribution in [0.2, 0.25) is 5.02 Å². The molecule has 1 aromatic rings. The van der Waals surface area contributed by atoms with Crippen LogP contribution in [-0.4, -0.2) is 12.1 Å². The molecule has 2 unspecified atom stereocenters. The van der Waals surface area contributed by atoms with Gasteiger partial charge in [0.1, 0.15) is 11.9 Å². The van der Waals surface area contributed by atoms with Crippen molar-refractivity contribution in [2.45, 2.75) is 57.6 Å². The Bertz CT molecular complexity index is 390. The Morgan fingerprint density at radius 1 is 1.32 bits per heavy atom. The average Bonchev–Trinajstić information content (AvgIpc) is 2.40. The summed E-state index contributed by atoms with van der Waals surface area (Å²) in [5, 5.41) is 0.700. The molecule has 1 aliphatic carbocycles.